The Morgan fingerprint density at radius 3 is 2.64 bits per heavy atom. The van der Waals surface area contributed by atoms with Gasteiger partial charge in [-0.05, 0) is 24.6 Å². The van der Waals surface area contributed by atoms with Crippen molar-refractivity contribution in [2.24, 2.45) is 0 Å². The van der Waals surface area contributed by atoms with Crippen LogP contribution in [0.4, 0.5) is 5.69 Å². The molecule has 0 aromatic heterocycles. The van der Waals surface area contributed by atoms with Crippen LogP contribution in [0.1, 0.15) is 5.56 Å². The molecule has 0 saturated carbocycles. The molecule has 1 aromatic rings. The minimum absolute atomic E-state index is 0.460. The topological polar surface area (TPSA) is 29.1 Å². The Morgan fingerprint density at radius 2 is 2.07 bits per heavy atom. The van der Waals surface area contributed by atoms with Crippen LogP contribution >= 0.6 is 34.8 Å². The van der Waals surface area contributed by atoms with Crippen LogP contribution in [-0.2, 0) is 4.79 Å². The van der Waals surface area contributed by atoms with Crippen molar-refractivity contribution in [3.8, 4) is 0 Å². The molecule has 0 bridgehead atoms. The molecule has 1 aromatic carbocycles. The van der Waals surface area contributed by atoms with Crippen molar-refractivity contribution in [3.63, 3.8) is 0 Å². The Bertz CT molecular complexity index is 352. The molecule has 0 radical (unpaired) electrons. The van der Waals surface area contributed by atoms with Crippen LogP contribution in [-0.4, -0.2) is 10.7 Å². The molecule has 14 heavy (non-hydrogen) atoms. The lowest BCUT2D eigenvalue weighted by Crippen LogP contribution is -2.19. The van der Waals surface area contributed by atoms with Gasteiger partial charge in [-0.15, -0.1) is 0 Å². The van der Waals surface area contributed by atoms with Crippen molar-refractivity contribution in [2.45, 2.75) is 11.8 Å². The van der Waals surface area contributed by atoms with Crippen LogP contribution < -0.4 is 5.32 Å². The van der Waals surface area contributed by atoms with Gasteiger partial charge in [0.2, 0.25) is 0 Å². The highest BCUT2D eigenvalue weighted by Crippen LogP contribution is 2.23. The van der Waals surface area contributed by atoms with Gasteiger partial charge in [-0.3, -0.25) is 4.79 Å². The summed E-state index contributed by atoms with van der Waals surface area (Å²) in [5.74, 6) is -0.460. The van der Waals surface area contributed by atoms with E-state index >= 15 is 0 Å². The molecule has 76 valence electrons. The fourth-order valence-electron chi connectivity index (χ4n) is 0.930. The van der Waals surface area contributed by atoms with Crippen LogP contribution in [0, 0.1) is 6.92 Å². The van der Waals surface area contributed by atoms with Gasteiger partial charge in [0, 0.05) is 10.7 Å². The number of hydrogen-bond acceptors (Lipinski definition) is 1. The van der Waals surface area contributed by atoms with Gasteiger partial charge < -0.3 is 5.32 Å². The van der Waals surface area contributed by atoms with Crippen LogP contribution in [0.5, 0.6) is 0 Å². The number of benzene rings is 1. The van der Waals surface area contributed by atoms with E-state index in [0.717, 1.165) is 5.56 Å². The summed E-state index contributed by atoms with van der Waals surface area (Å²) in [5, 5.41) is 3.15. The summed E-state index contributed by atoms with van der Waals surface area (Å²) in [6.45, 7) is 1.80. The Balaban J connectivity index is 2.87. The Hall–Kier alpha value is -0.440. The van der Waals surface area contributed by atoms with Gasteiger partial charge in [-0.1, -0.05) is 40.9 Å². The van der Waals surface area contributed by atoms with E-state index in [1.165, 1.54) is 0 Å². The number of halogens is 3. The summed E-state index contributed by atoms with van der Waals surface area (Å²) in [4.78, 5) is 10.1. The van der Waals surface area contributed by atoms with E-state index in [1.54, 1.807) is 25.1 Å². The molecular formula is C9H8Cl3NO. The first-order valence-corrected chi connectivity index (χ1v) is 5.11. The van der Waals surface area contributed by atoms with E-state index in [1.807, 2.05) is 0 Å². The lowest BCUT2D eigenvalue weighted by molar-refractivity contribution is -0.114. The smallest absolute Gasteiger partial charge is 0.257 e. The predicted molar refractivity (Wildman–Crippen MR) is 60.3 cm³/mol. The molecule has 0 aliphatic rings. The molecular weight excluding hydrogens is 244 g/mol. The zero-order valence-corrected chi connectivity index (χ0v) is 9.62. The zero-order valence-electron chi connectivity index (χ0n) is 7.35. The Labute approximate surface area is 97.1 Å². The van der Waals surface area contributed by atoms with E-state index in [4.69, 9.17) is 34.8 Å². The minimum Gasteiger partial charge on any atom is -0.323 e. The number of amides is 1. The number of anilines is 1. The monoisotopic (exact) mass is 251 g/mol. The van der Waals surface area contributed by atoms with Gasteiger partial charge in [0.15, 0.2) is 4.84 Å². The van der Waals surface area contributed by atoms with Crippen molar-refractivity contribution in [1.82, 2.24) is 0 Å². The average molecular weight is 253 g/mol. The van der Waals surface area contributed by atoms with E-state index in [0.29, 0.717) is 10.7 Å². The first kappa shape index (κ1) is 11.6. The maximum Gasteiger partial charge on any atom is 0.257 e. The summed E-state index contributed by atoms with van der Waals surface area (Å²) in [7, 11) is 0. The largest absolute Gasteiger partial charge is 0.323 e. The van der Waals surface area contributed by atoms with E-state index in [-0.39, 0.29) is 0 Å². The van der Waals surface area contributed by atoms with Gasteiger partial charge in [-0.2, -0.15) is 0 Å². The maximum absolute atomic E-state index is 11.2. The van der Waals surface area contributed by atoms with Crippen molar-refractivity contribution in [2.75, 3.05) is 5.32 Å². The van der Waals surface area contributed by atoms with Crippen LogP contribution in [0.3, 0.4) is 0 Å². The van der Waals surface area contributed by atoms with Crippen LogP contribution in [0.2, 0.25) is 5.02 Å². The maximum atomic E-state index is 11.2. The van der Waals surface area contributed by atoms with Crippen molar-refractivity contribution >= 4 is 46.4 Å². The highest BCUT2D eigenvalue weighted by Gasteiger charge is 2.12. The van der Waals surface area contributed by atoms with Crippen molar-refractivity contribution in [3.05, 3.63) is 28.8 Å². The molecule has 0 saturated heterocycles. The molecule has 0 heterocycles. The molecule has 1 rings (SSSR count). The molecule has 2 nitrogen and oxygen atoms in total. The lowest BCUT2D eigenvalue weighted by atomic mass is 10.2. The SMILES string of the molecule is Cc1c(Cl)cccc1NC(=O)C(Cl)Cl. The quantitative estimate of drug-likeness (QED) is 0.803. The minimum atomic E-state index is -1.08. The lowest BCUT2D eigenvalue weighted by Gasteiger charge is -2.09. The fourth-order valence-corrected chi connectivity index (χ4v) is 1.21. The average Bonchev–Trinajstić information content (AvgIpc) is 2.12. The molecule has 5 heteroatoms. The fraction of sp³-hybridized carbons (Fsp3) is 0.222. The normalized spacial score (nSPS) is 10.4. The number of nitrogens with one attached hydrogen (secondary N) is 1. The molecule has 1 amide bonds. The number of carbonyl (C=O) groups is 1. The van der Waals surface area contributed by atoms with Crippen LogP contribution in [0.25, 0.3) is 0 Å². The number of hydrogen-bond donors (Lipinski definition) is 1. The van der Waals surface area contributed by atoms with Crippen molar-refractivity contribution in [1.29, 1.82) is 0 Å². The van der Waals surface area contributed by atoms with Crippen LogP contribution in [0.15, 0.2) is 18.2 Å². The standard InChI is InChI=1S/C9H8Cl3NO/c1-5-6(10)3-2-4-7(5)13-9(14)8(11)12/h2-4,8H,1H3,(H,13,14). The molecule has 0 atom stereocenters. The summed E-state index contributed by atoms with van der Waals surface area (Å²) in [6, 6.07) is 5.21. The number of carbonyl (C=O) groups excluding carboxylic acids is 1. The van der Waals surface area contributed by atoms with Gasteiger partial charge in [0.25, 0.3) is 5.91 Å². The highest BCUT2D eigenvalue weighted by molar-refractivity contribution is 6.54. The second-order valence-electron chi connectivity index (χ2n) is 2.70. The molecule has 0 fully saturated rings. The molecule has 0 spiro atoms. The second kappa shape index (κ2) is 4.87. The molecule has 0 unspecified atom stereocenters. The molecule has 0 aliphatic heterocycles. The summed E-state index contributed by atoms with van der Waals surface area (Å²) >= 11 is 16.6. The second-order valence-corrected chi connectivity index (χ2v) is 4.21. The Kier molecular flexibility index (Phi) is 4.05. The summed E-state index contributed by atoms with van der Waals surface area (Å²) in [6.07, 6.45) is 0. The first-order valence-electron chi connectivity index (χ1n) is 3.86. The third-order valence-electron chi connectivity index (χ3n) is 1.72. The number of rotatable bonds is 2. The van der Waals surface area contributed by atoms with Gasteiger partial charge in [-0.25, -0.2) is 0 Å². The van der Waals surface area contributed by atoms with E-state index in [2.05, 4.69) is 5.32 Å². The summed E-state index contributed by atoms with van der Waals surface area (Å²) in [5.41, 5.74) is 1.41. The Morgan fingerprint density at radius 1 is 1.43 bits per heavy atom. The van der Waals surface area contributed by atoms with Gasteiger partial charge >= 0.3 is 0 Å². The summed E-state index contributed by atoms with van der Waals surface area (Å²) < 4.78 is 0. The molecule has 1 N–H and O–H groups in total. The van der Waals surface area contributed by atoms with E-state index in [9.17, 15) is 4.79 Å². The third kappa shape index (κ3) is 2.77. The predicted octanol–water partition coefficient (Wildman–Crippen LogP) is 3.39. The van der Waals surface area contributed by atoms with Gasteiger partial charge in [0.1, 0.15) is 0 Å². The van der Waals surface area contributed by atoms with Gasteiger partial charge in [0.05, 0.1) is 0 Å². The third-order valence-corrected chi connectivity index (χ3v) is 2.53. The first-order chi connectivity index (χ1) is 6.52. The van der Waals surface area contributed by atoms with Crippen molar-refractivity contribution < 1.29 is 4.79 Å². The van der Waals surface area contributed by atoms with E-state index < -0.39 is 10.7 Å². The highest BCUT2D eigenvalue weighted by atomic mass is 35.5. The zero-order chi connectivity index (χ0) is 10.7. The molecule has 0 aliphatic carbocycles. The number of alkyl halides is 2.